The second-order valence-electron chi connectivity index (χ2n) is 8.07. The number of hydrogen-bond acceptors (Lipinski definition) is 3. The van der Waals surface area contributed by atoms with Gasteiger partial charge in [0.2, 0.25) is 0 Å². The predicted molar refractivity (Wildman–Crippen MR) is 101 cm³/mol. The van der Waals surface area contributed by atoms with Gasteiger partial charge in [0.05, 0.1) is 0 Å². The summed E-state index contributed by atoms with van der Waals surface area (Å²) in [6.07, 6.45) is 4.93. The Labute approximate surface area is 154 Å². The topological polar surface area (TPSA) is 65.6 Å². The molecule has 4 rings (SSSR count). The van der Waals surface area contributed by atoms with Crippen molar-refractivity contribution in [2.75, 3.05) is 6.54 Å². The molecule has 2 N–H and O–H groups in total. The van der Waals surface area contributed by atoms with Gasteiger partial charge in [0.25, 0.3) is 0 Å². The summed E-state index contributed by atoms with van der Waals surface area (Å²) in [5.74, 6) is 0. The largest absolute Gasteiger partial charge is 0.438 e. The van der Waals surface area contributed by atoms with E-state index in [2.05, 4.69) is 37.0 Å². The zero-order valence-electron chi connectivity index (χ0n) is 15.9. The van der Waals surface area contributed by atoms with Crippen LogP contribution >= 0.6 is 0 Å². The third kappa shape index (κ3) is 2.44. The number of aromatic amines is 1. The van der Waals surface area contributed by atoms with Gasteiger partial charge in [0.15, 0.2) is 11.3 Å². The maximum atomic E-state index is 12.6. The van der Waals surface area contributed by atoms with E-state index in [0.29, 0.717) is 13.0 Å². The van der Waals surface area contributed by atoms with E-state index in [4.69, 9.17) is 4.74 Å². The van der Waals surface area contributed by atoms with E-state index in [-0.39, 0.29) is 6.09 Å². The number of aryl methyl sites for hydroxylation is 2. The number of rotatable bonds is 3. The Morgan fingerprint density at radius 2 is 1.96 bits per heavy atom. The average Bonchev–Trinajstić information content (AvgIpc) is 3.00. The highest BCUT2D eigenvalue weighted by Crippen LogP contribution is 2.47. The smallest absolute Gasteiger partial charge is 0.412 e. The Balaban J connectivity index is 1.59. The van der Waals surface area contributed by atoms with Crippen molar-refractivity contribution in [1.82, 2.24) is 9.88 Å². The van der Waals surface area contributed by atoms with E-state index in [1.165, 1.54) is 21.4 Å². The molecule has 1 saturated heterocycles. The van der Waals surface area contributed by atoms with Crippen LogP contribution in [0.15, 0.2) is 18.2 Å². The van der Waals surface area contributed by atoms with Crippen molar-refractivity contribution in [3.05, 3.63) is 35.0 Å². The highest BCUT2D eigenvalue weighted by Gasteiger charge is 2.61. The number of H-pyrrole nitrogens is 1. The number of nitrogens with zero attached hydrogens (tertiary/aromatic N) is 1. The summed E-state index contributed by atoms with van der Waals surface area (Å²) >= 11 is 0. The van der Waals surface area contributed by atoms with Gasteiger partial charge in [-0.1, -0.05) is 24.6 Å². The number of nitrogens with one attached hydrogen (secondary N) is 1. The molecule has 2 fully saturated rings. The molecule has 1 aliphatic carbocycles. The number of benzene rings is 1. The molecule has 0 unspecified atom stereocenters. The molecule has 5 nitrogen and oxygen atoms in total. The maximum absolute atomic E-state index is 12.6. The predicted octanol–water partition coefficient (Wildman–Crippen LogP) is 4.19. The molecule has 26 heavy (non-hydrogen) atoms. The van der Waals surface area contributed by atoms with Crippen molar-refractivity contribution in [2.45, 2.75) is 70.6 Å². The lowest BCUT2D eigenvalue weighted by Crippen LogP contribution is -2.57. The van der Waals surface area contributed by atoms with Gasteiger partial charge in [-0.25, -0.2) is 4.79 Å². The fourth-order valence-electron chi connectivity index (χ4n) is 4.85. The molecule has 1 atom stereocenters. The monoisotopic (exact) mass is 356 g/mol. The molecule has 2 heterocycles. The first kappa shape index (κ1) is 17.4. The first-order chi connectivity index (χ1) is 12.4. The van der Waals surface area contributed by atoms with Crippen LogP contribution in [0.25, 0.3) is 10.9 Å². The average molecular weight is 356 g/mol. The summed E-state index contributed by atoms with van der Waals surface area (Å²) in [6.45, 7) is 6.36. The van der Waals surface area contributed by atoms with Gasteiger partial charge in [-0.15, -0.1) is 0 Å². The Morgan fingerprint density at radius 3 is 2.69 bits per heavy atom. The molecule has 1 amide bonds. The molecule has 2 aliphatic rings. The number of carbonyl (C=O) groups is 1. The highest BCUT2D eigenvalue weighted by molar-refractivity contribution is 5.87. The molecule has 0 radical (unpaired) electrons. The third-order valence-electron chi connectivity index (χ3n) is 6.50. The highest BCUT2D eigenvalue weighted by atomic mass is 16.6. The van der Waals surface area contributed by atoms with Crippen molar-refractivity contribution in [2.24, 2.45) is 0 Å². The van der Waals surface area contributed by atoms with Crippen molar-refractivity contribution in [3.63, 3.8) is 0 Å². The molecular weight excluding hydrogens is 328 g/mol. The van der Waals surface area contributed by atoms with Gasteiger partial charge in [-0.3, -0.25) is 4.90 Å². The standard InChI is InChI=1S/C21H28N2O3/c1-14-8-7-9-17-16(15(2)22-18(14)17)10-13-23-19(24)26-21(20(23,3)25)11-5-4-6-12-21/h7-9,22,25H,4-6,10-13H2,1-3H3/t20-/m1/s1. The first-order valence-electron chi connectivity index (χ1n) is 9.65. The fraction of sp³-hybridized carbons (Fsp3) is 0.571. The summed E-state index contributed by atoms with van der Waals surface area (Å²) in [5.41, 5.74) is 2.70. The number of para-hydroxylation sites is 1. The minimum absolute atomic E-state index is 0.384. The summed E-state index contributed by atoms with van der Waals surface area (Å²) in [4.78, 5) is 17.6. The van der Waals surface area contributed by atoms with E-state index >= 15 is 0 Å². The molecule has 1 saturated carbocycles. The number of amides is 1. The number of aliphatic hydroxyl groups is 1. The molecule has 0 bridgehead atoms. The minimum Gasteiger partial charge on any atom is -0.438 e. The lowest BCUT2D eigenvalue weighted by molar-refractivity contribution is -0.158. The van der Waals surface area contributed by atoms with Gasteiger partial charge >= 0.3 is 6.09 Å². The minimum atomic E-state index is -1.25. The SMILES string of the molecule is Cc1[nH]c2c(C)cccc2c1CCN1C(=O)OC2(CCCCC2)[C@@]1(C)O. The van der Waals surface area contributed by atoms with Crippen molar-refractivity contribution in [1.29, 1.82) is 0 Å². The first-order valence-corrected chi connectivity index (χ1v) is 9.65. The van der Waals surface area contributed by atoms with Crippen LogP contribution in [0, 0.1) is 13.8 Å². The number of fused-ring (bicyclic) bond motifs is 1. The van der Waals surface area contributed by atoms with Crippen LogP contribution in [0.5, 0.6) is 0 Å². The quantitative estimate of drug-likeness (QED) is 0.866. The van der Waals surface area contributed by atoms with Crippen molar-refractivity contribution < 1.29 is 14.6 Å². The maximum Gasteiger partial charge on any atom is 0.412 e. The van der Waals surface area contributed by atoms with Crippen LogP contribution in [0.1, 0.15) is 55.8 Å². The Hall–Kier alpha value is -2.01. The fourth-order valence-corrected chi connectivity index (χ4v) is 4.85. The lowest BCUT2D eigenvalue weighted by atomic mass is 9.77. The molecule has 1 aliphatic heterocycles. The van der Waals surface area contributed by atoms with Crippen molar-refractivity contribution >= 4 is 17.0 Å². The van der Waals surface area contributed by atoms with Gasteiger partial charge in [0.1, 0.15) is 0 Å². The van der Waals surface area contributed by atoms with E-state index in [9.17, 15) is 9.90 Å². The van der Waals surface area contributed by atoms with Gasteiger partial charge < -0.3 is 14.8 Å². The summed E-state index contributed by atoms with van der Waals surface area (Å²) < 4.78 is 5.75. The second kappa shape index (κ2) is 6.02. The molecule has 1 aromatic heterocycles. The molecule has 5 heteroatoms. The van der Waals surface area contributed by atoms with Crippen LogP contribution in [0.2, 0.25) is 0 Å². The third-order valence-corrected chi connectivity index (χ3v) is 6.50. The van der Waals surface area contributed by atoms with Gasteiger partial charge in [-0.2, -0.15) is 0 Å². The molecule has 2 aromatic rings. The Kier molecular flexibility index (Phi) is 4.03. The zero-order chi connectivity index (χ0) is 18.5. The lowest BCUT2D eigenvalue weighted by Gasteiger charge is -2.42. The van der Waals surface area contributed by atoms with Crippen LogP contribution < -0.4 is 0 Å². The van der Waals surface area contributed by atoms with Gasteiger partial charge in [0, 0.05) is 23.1 Å². The normalized spacial score (nSPS) is 25.2. The summed E-state index contributed by atoms with van der Waals surface area (Å²) in [7, 11) is 0. The van der Waals surface area contributed by atoms with Crippen molar-refractivity contribution in [3.8, 4) is 0 Å². The zero-order valence-corrected chi connectivity index (χ0v) is 15.9. The van der Waals surface area contributed by atoms with E-state index in [0.717, 1.165) is 43.3 Å². The molecule has 1 spiro atoms. The van der Waals surface area contributed by atoms with Crippen LogP contribution in [0.3, 0.4) is 0 Å². The van der Waals surface area contributed by atoms with Crippen LogP contribution in [0.4, 0.5) is 4.79 Å². The summed E-state index contributed by atoms with van der Waals surface area (Å²) in [5, 5.41) is 12.4. The van der Waals surface area contributed by atoms with Crippen LogP contribution in [-0.4, -0.2) is 39.0 Å². The number of ether oxygens (including phenoxy) is 1. The van der Waals surface area contributed by atoms with Crippen LogP contribution in [-0.2, 0) is 11.2 Å². The Bertz CT molecular complexity index is 846. The Morgan fingerprint density at radius 1 is 1.23 bits per heavy atom. The molecular formula is C21H28N2O3. The molecule has 1 aromatic carbocycles. The number of carbonyl (C=O) groups excluding carboxylic acids is 1. The molecule has 140 valence electrons. The van der Waals surface area contributed by atoms with E-state index < -0.39 is 11.3 Å². The van der Waals surface area contributed by atoms with E-state index in [1.807, 2.05) is 0 Å². The number of hydrogen-bond donors (Lipinski definition) is 2. The van der Waals surface area contributed by atoms with Gasteiger partial charge in [-0.05, 0) is 64.0 Å². The van der Waals surface area contributed by atoms with E-state index in [1.54, 1.807) is 6.92 Å². The number of aromatic nitrogens is 1. The summed E-state index contributed by atoms with van der Waals surface area (Å²) in [6, 6.07) is 6.27. The second-order valence-corrected chi connectivity index (χ2v) is 8.07.